The Morgan fingerprint density at radius 3 is 2.84 bits per heavy atom. The summed E-state index contributed by atoms with van der Waals surface area (Å²) in [6.07, 6.45) is 2.92. The largest absolute Gasteiger partial charge is 0.313 e. The summed E-state index contributed by atoms with van der Waals surface area (Å²) in [6.45, 7) is 0. The van der Waals surface area contributed by atoms with Crippen molar-refractivity contribution in [2.45, 2.75) is 12.5 Å². The first-order chi connectivity index (χ1) is 9.38. The van der Waals surface area contributed by atoms with Crippen LogP contribution in [-0.2, 0) is 6.42 Å². The molecule has 0 amide bonds. The molecule has 1 aromatic carbocycles. The molecule has 0 radical (unpaired) electrons. The van der Waals surface area contributed by atoms with Gasteiger partial charge in [-0.15, -0.1) is 11.3 Å². The third-order valence-electron chi connectivity index (χ3n) is 3.39. The molecular weight excluding hydrogens is 252 g/mol. The molecule has 1 unspecified atom stereocenters. The SMILES string of the molecule is CNC(Cc1cccs1)c1ccnc2ccccc12. The summed E-state index contributed by atoms with van der Waals surface area (Å²) >= 11 is 1.81. The lowest BCUT2D eigenvalue weighted by atomic mass is 9.99. The fourth-order valence-electron chi connectivity index (χ4n) is 2.42. The van der Waals surface area contributed by atoms with Crippen molar-refractivity contribution in [2.75, 3.05) is 7.05 Å². The van der Waals surface area contributed by atoms with E-state index in [4.69, 9.17) is 0 Å². The molecule has 0 fully saturated rings. The van der Waals surface area contributed by atoms with Crippen LogP contribution in [0.2, 0.25) is 0 Å². The standard InChI is InChI=1S/C16H16N2S/c1-17-16(11-12-5-4-10-19-12)14-8-9-18-15-7-3-2-6-13(14)15/h2-10,16-17H,11H2,1H3. The van der Waals surface area contributed by atoms with Crippen LogP contribution in [0.5, 0.6) is 0 Å². The van der Waals surface area contributed by atoms with Gasteiger partial charge in [0.1, 0.15) is 0 Å². The summed E-state index contributed by atoms with van der Waals surface area (Å²) in [4.78, 5) is 5.83. The molecule has 3 heteroatoms. The van der Waals surface area contributed by atoms with Crippen molar-refractivity contribution >= 4 is 22.2 Å². The summed E-state index contributed by atoms with van der Waals surface area (Å²) in [5, 5.41) is 6.80. The van der Waals surface area contributed by atoms with Crippen molar-refractivity contribution in [3.63, 3.8) is 0 Å². The Kier molecular flexibility index (Phi) is 3.58. The highest BCUT2D eigenvalue weighted by atomic mass is 32.1. The zero-order valence-corrected chi connectivity index (χ0v) is 11.7. The normalized spacial score (nSPS) is 12.7. The van der Waals surface area contributed by atoms with E-state index < -0.39 is 0 Å². The molecule has 1 atom stereocenters. The van der Waals surface area contributed by atoms with Crippen LogP contribution in [0.1, 0.15) is 16.5 Å². The van der Waals surface area contributed by atoms with E-state index in [2.05, 4.69) is 52.1 Å². The Hall–Kier alpha value is -1.71. The van der Waals surface area contributed by atoms with Crippen LogP contribution in [0.3, 0.4) is 0 Å². The minimum atomic E-state index is 0.326. The Morgan fingerprint density at radius 2 is 2.05 bits per heavy atom. The number of rotatable bonds is 4. The van der Waals surface area contributed by atoms with Gasteiger partial charge in [0.2, 0.25) is 0 Å². The third-order valence-corrected chi connectivity index (χ3v) is 4.29. The number of fused-ring (bicyclic) bond motifs is 1. The molecule has 1 N–H and O–H groups in total. The molecule has 96 valence electrons. The van der Waals surface area contributed by atoms with Crippen LogP contribution >= 0.6 is 11.3 Å². The molecule has 0 saturated carbocycles. The van der Waals surface area contributed by atoms with Crippen LogP contribution < -0.4 is 5.32 Å². The quantitative estimate of drug-likeness (QED) is 0.778. The van der Waals surface area contributed by atoms with Crippen molar-refractivity contribution in [2.24, 2.45) is 0 Å². The number of pyridine rings is 1. The Morgan fingerprint density at radius 1 is 1.16 bits per heavy atom. The lowest BCUT2D eigenvalue weighted by Gasteiger charge is -2.17. The van der Waals surface area contributed by atoms with Gasteiger partial charge in [-0.2, -0.15) is 0 Å². The predicted molar refractivity (Wildman–Crippen MR) is 81.6 cm³/mol. The topological polar surface area (TPSA) is 24.9 Å². The minimum absolute atomic E-state index is 0.326. The fourth-order valence-corrected chi connectivity index (χ4v) is 3.17. The summed E-state index contributed by atoms with van der Waals surface area (Å²) in [6, 6.07) is 15.1. The Labute approximate surface area is 117 Å². The highest BCUT2D eigenvalue weighted by Gasteiger charge is 2.13. The molecule has 0 spiro atoms. The fraction of sp³-hybridized carbons (Fsp3) is 0.188. The molecule has 2 nitrogen and oxygen atoms in total. The van der Waals surface area contributed by atoms with Crippen molar-refractivity contribution in [1.29, 1.82) is 0 Å². The van der Waals surface area contributed by atoms with Gasteiger partial charge in [-0.05, 0) is 36.2 Å². The number of hydrogen-bond acceptors (Lipinski definition) is 3. The molecular formula is C16H16N2S. The number of thiophene rings is 1. The maximum Gasteiger partial charge on any atom is 0.0705 e. The molecule has 3 aromatic rings. The second-order valence-electron chi connectivity index (χ2n) is 4.54. The lowest BCUT2D eigenvalue weighted by Crippen LogP contribution is -2.18. The number of hydrogen-bond donors (Lipinski definition) is 1. The average Bonchev–Trinajstić information content (AvgIpc) is 2.97. The second-order valence-corrected chi connectivity index (χ2v) is 5.57. The first-order valence-electron chi connectivity index (χ1n) is 6.42. The van der Waals surface area contributed by atoms with Gasteiger partial charge in [0.05, 0.1) is 5.52 Å². The van der Waals surface area contributed by atoms with E-state index >= 15 is 0 Å². The molecule has 0 aliphatic rings. The first kappa shape index (κ1) is 12.3. The van der Waals surface area contributed by atoms with Crippen molar-refractivity contribution in [3.05, 3.63) is 64.5 Å². The van der Waals surface area contributed by atoms with Crippen LogP contribution in [0.4, 0.5) is 0 Å². The minimum Gasteiger partial charge on any atom is -0.313 e. The molecule has 0 bridgehead atoms. The van der Waals surface area contributed by atoms with Gasteiger partial charge in [-0.3, -0.25) is 4.98 Å². The number of nitrogens with zero attached hydrogens (tertiary/aromatic N) is 1. The van der Waals surface area contributed by atoms with Crippen LogP contribution in [0.25, 0.3) is 10.9 Å². The molecule has 2 aromatic heterocycles. The summed E-state index contributed by atoms with van der Waals surface area (Å²) in [5.74, 6) is 0. The van der Waals surface area contributed by atoms with Gasteiger partial charge >= 0.3 is 0 Å². The number of nitrogens with one attached hydrogen (secondary N) is 1. The lowest BCUT2D eigenvalue weighted by molar-refractivity contribution is 0.600. The van der Waals surface area contributed by atoms with Crippen LogP contribution in [-0.4, -0.2) is 12.0 Å². The number of benzene rings is 1. The van der Waals surface area contributed by atoms with E-state index in [1.165, 1.54) is 15.8 Å². The third kappa shape index (κ3) is 2.53. The average molecular weight is 268 g/mol. The van der Waals surface area contributed by atoms with E-state index in [9.17, 15) is 0 Å². The molecule has 3 rings (SSSR count). The molecule has 0 aliphatic carbocycles. The first-order valence-corrected chi connectivity index (χ1v) is 7.30. The molecule has 0 saturated heterocycles. The number of aromatic nitrogens is 1. The Balaban J connectivity index is 2.01. The maximum atomic E-state index is 4.43. The highest BCUT2D eigenvalue weighted by Crippen LogP contribution is 2.26. The van der Waals surface area contributed by atoms with Gasteiger partial charge in [-0.1, -0.05) is 24.3 Å². The van der Waals surface area contributed by atoms with Gasteiger partial charge in [0.25, 0.3) is 0 Å². The van der Waals surface area contributed by atoms with Crippen molar-refractivity contribution in [3.8, 4) is 0 Å². The summed E-state index contributed by atoms with van der Waals surface area (Å²) in [5.41, 5.74) is 2.38. The van der Waals surface area contributed by atoms with Gasteiger partial charge in [0, 0.05) is 28.9 Å². The smallest absolute Gasteiger partial charge is 0.0705 e. The zero-order valence-electron chi connectivity index (χ0n) is 10.8. The van der Waals surface area contributed by atoms with E-state index in [0.29, 0.717) is 6.04 Å². The molecule has 19 heavy (non-hydrogen) atoms. The van der Waals surface area contributed by atoms with E-state index in [1.807, 2.05) is 30.6 Å². The number of para-hydroxylation sites is 1. The van der Waals surface area contributed by atoms with Crippen molar-refractivity contribution in [1.82, 2.24) is 10.3 Å². The molecule has 2 heterocycles. The van der Waals surface area contributed by atoms with Gasteiger partial charge in [0.15, 0.2) is 0 Å². The summed E-state index contributed by atoms with van der Waals surface area (Å²) < 4.78 is 0. The summed E-state index contributed by atoms with van der Waals surface area (Å²) in [7, 11) is 2.02. The zero-order chi connectivity index (χ0) is 13.1. The van der Waals surface area contributed by atoms with Gasteiger partial charge in [-0.25, -0.2) is 0 Å². The number of likely N-dealkylation sites (N-methyl/N-ethyl adjacent to an activating group) is 1. The molecule has 0 aliphatic heterocycles. The van der Waals surface area contributed by atoms with Crippen LogP contribution in [0, 0.1) is 0 Å². The Bertz CT molecular complexity index is 656. The van der Waals surface area contributed by atoms with E-state index in [1.54, 1.807) is 0 Å². The van der Waals surface area contributed by atoms with Crippen LogP contribution in [0.15, 0.2) is 54.0 Å². The van der Waals surface area contributed by atoms with E-state index in [-0.39, 0.29) is 0 Å². The van der Waals surface area contributed by atoms with E-state index in [0.717, 1.165) is 11.9 Å². The highest BCUT2D eigenvalue weighted by molar-refractivity contribution is 7.09. The second kappa shape index (κ2) is 5.51. The monoisotopic (exact) mass is 268 g/mol. The van der Waals surface area contributed by atoms with Gasteiger partial charge < -0.3 is 5.32 Å². The predicted octanol–water partition coefficient (Wildman–Crippen LogP) is 3.80. The van der Waals surface area contributed by atoms with Crippen molar-refractivity contribution < 1.29 is 0 Å². The maximum absolute atomic E-state index is 4.43.